The number of likely N-dealkylation sites (N-methyl/N-ethyl adjacent to an activating group) is 1. The number of methoxy groups -OCH3 is 1. The van der Waals surface area contributed by atoms with E-state index >= 15 is 8.78 Å². The van der Waals surface area contributed by atoms with Crippen molar-refractivity contribution in [2.45, 2.75) is 127 Å². The maximum atomic E-state index is 16.7. The maximum Gasteiger partial charge on any atom is 0.319 e. The first-order valence-corrected chi connectivity index (χ1v) is 30.3. The van der Waals surface area contributed by atoms with E-state index in [1.54, 1.807) is 13.2 Å². The Morgan fingerprint density at radius 3 is 2.19 bits per heavy atom. The molecule has 4 aromatic carbocycles. The van der Waals surface area contributed by atoms with Crippen LogP contribution in [0.2, 0.25) is 21.7 Å². The Kier molecular flexibility index (Phi) is 15.1. The van der Waals surface area contributed by atoms with Crippen molar-refractivity contribution in [3.05, 3.63) is 102 Å². The van der Waals surface area contributed by atoms with Gasteiger partial charge in [-0.3, -0.25) is 4.90 Å². The van der Waals surface area contributed by atoms with Gasteiger partial charge in [-0.1, -0.05) is 135 Å². The van der Waals surface area contributed by atoms with Gasteiger partial charge in [0.25, 0.3) is 8.32 Å². The van der Waals surface area contributed by atoms with Gasteiger partial charge in [0.2, 0.25) is 5.88 Å². The molecule has 10 nitrogen and oxygen atoms in total. The largest absolute Gasteiger partial charge is 0.475 e. The third-order valence-electron chi connectivity index (χ3n) is 16.2. The number of pyridine rings is 1. The number of aromatic nitrogens is 3. The molecule has 73 heavy (non-hydrogen) atoms. The lowest BCUT2D eigenvalue weighted by molar-refractivity contribution is 0.0512. The quantitative estimate of drug-likeness (QED) is 0.0530. The molecule has 0 spiro atoms. The van der Waals surface area contributed by atoms with Crippen molar-refractivity contribution in [2.75, 3.05) is 58.8 Å². The molecule has 9 rings (SSSR count). The van der Waals surface area contributed by atoms with E-state index in [9.17, 15) is 0 Å². The maximum absolute atomic E-state index is 16.7. The molecule has 0 radical (unpaired) electrons. The number of nitrogens with zero attached hydrogens (tertiary/aromatic N) is 5. The van der Waals surface area contributed by atoms with Crippen LogP contribution < -0.4 is 29.5 Å². The summed E-state index contributed by atoms with van der Waals surface area (Å²) in [7, 11) is -1.54. The van der Waals surface area contributed by atoms with Crippen LogP contribution in [-0.4, -0.2) is 108 Å². The predicted molar refractivity (Wildman–Crippen MR) is 295 cm³/mol. The molecule has 6 aromatic rings. The molecule has 2 saturated heterocycles. The first kappa shape index (κ1) is 52.4. The highest BCUT2D eigenvalue weighted by molar-refractivity contribution is 6.99. The Hall–Kier alpha value is -5.44. The third kappa shape index (κ3) is 9.77. The summed E-state index contributed by atoms with van der Waals surface area (Å²) in [5, 5.41) is 4.21. The molecule has 3 aliphatic heterocycles. The summed E-state index contributed by atoms with van der Waals surface area (Å²) in [6, 6.07) is 30.2. The minimum absolute atomic E-state index is 0.0104. The van der Waals surface area contributed by atoms with Gasteiger partial charge in [-0.15, -0.1) is 5.54 Å². The van der Waals surface area contributed by atoms with Gasteiger partial charge in [0, 0.05) is 44.7 Å². The Bertz CT molecular complexity index is 2940. The minimum Gasteiger partial charge on any atom is -0.475 e. The summed E-state index contributed by atoms with van der Waals surface area (Å²) in [6.07, 6.45) is 1.95. The molecule has 3 atom stereocenters. The van der Waals surface area contributed by atoms with E-state index in [1.165, 1.54) is 16.4 Å². The average Bonchev–Trinajstić information content (AvgIpc) is 3.85. The Morgan fingerprint density at radius 1 is 0.863 bits per heavy atom. The summed E-state index contributed by atoms with van der Waals surface area (Å²) in [4.78, 5) is 19.9. The Labute approximate surface area is 433 Å². The van der Waals surface area contributed by atoms with Crippen LogP contribution in [0.5, 0.6) is 17.6 Å². The summed E-state index contributed by atoms with van der Waals surface area (Å²) < 4.78 is 64.1. The summed E-state index contributed by atoms with van der Waals surface area (Å²) in [5.74, 6) is 4.54. The van der Waals surface area contributed by atoms with Gasteiger partial charge in [-0.05, 0) is 87.5 Å². The number of alkyl halides is 1. The Morgan fingerprint density at radius 2 is 1.55 bits per heavy atom. The van der Waals surface area contributed by atoms with E-state index in [2.05, 4.69) is 144 Å². The lowest BCUT2D eigenvalue weighted by atomic mass is 9.95. The molecule has 0 unspecified atom stereocenters. The smallest absolute Gasteiger partial charge is 0.319 e. The zero-order valence-corrected chi connectivity index (χ0v) is 46.7. The molecule has 5 heterocycles. The van der Waals surface area contributed by atoms with Crippen LogP contribution in [0, 0.1) is 17.3 Å². The van der Waals surface area contributed by atoms with Crippen LogP contribution in [0.4, 0.5) is 14.6 Å². The van der Waals surface area contributed by atoms with Crippen LogP contribution in [0.3, 0.4) is 0 Å². The van der Waals surface area contributed by atoms with Crippen molar-refractivity contribution >= 4 is 54.3 Å². The van der Waals surface area contributed by atoms with Crippen LogP contribution >= 0.6 is 0 Å². The molecule has 2 aromatic heterocycles. The van der Waals surface area contributed by atoms with Crippen molar-refractivity contribution in [3.8, 4) is 40.4 Å². The van der Waals surface area contributed by atoms with Crippen LogP contribution in [-0.2, 0) is 9.16 Å². The molecule has 14 heteroatoms. The summed E-state index contributed by atoms with van der Waals surface area (Å²) in [5.41, 5.74) is 6.37. The number of ether oxygens (including phenoxy) is 4. The van der Waals surface area contributed by atoms with Gasteiger partial charge in [-0.25, -0.2) is 13.8 Å². The van der Waals surface area contributed by atoms with Crippen molar-refractivity contribution in [3.63, 3.8) is 0 Å². The van der Waals surface area contributed by atoms with Gasteiger partial charge in [0.15, 0.2) is 6.79 Å². The van der Waals surface area contributed by atoms with Gasteiger partial charge < -0.3 is 28.3 Å². The van der Waals surface area contributed by atoms with Crippen LogP contribution in [0.15, 0.2) is 91.0 Å². The lowest BCUT2D eigenvalue weighted by Gasteiger charge is -2.43. The molecule has 0 saturated carbocycles. The molecule has 0 amide bonds. The van der Waals surface area contributed by atoms with Gasteiger partial charge in [0.05, 0.1) is 28.4 Å². The fourth-order valence-electron chi connectivity index (χ4n) is 12.7. The van der Waals surface area contributed by atoms with Gasteiger partial charge in [-0.2, -0.15) is 9.97 Å². The van der Waals surface area contributed by atoms with Crippen molar-refractivity contribution < 1.29 is 32.2 Å². The molecule has 2 fully saturated rings. The molecular formula is C59H73F2N5O5Si2. The third-order valence-corrected chi connectivity index (χ3v) is 27.6. The number of halogens is 2. The average molecular weight is 1030 g/mol. The van der Waals surface area contributed by atoms with Crippen LogP contribution in [0.25, 0.3) is 32.9 Å². The number of rotatable bonds is 16. The van der Waals surface area contributed by atoms with Crippen molar-refractivity contribution in [2.24, 2.45) is 0 Å². The molecule has 0 bridgehead atoms. The molecule has 3 aliphatic rings. The summed E-state index contributed by atoms with van der Waals surface area (Å²) in [6.45, 7) is 22.6. The second kappa shape index (κ2) is 21.1. The normalized spacial score (nSPS) is 19.4. The zero-order valence-electron chi connectivity index (χ0n) is 44.7. The second-order valence-corrected chi connectivity index (χ2v) is 32.4. The molecule has 386 valence electrons. The molecule has 0 N–H and O–H groups in total. The Balaban J connectivity index is 1.17. The molecule has 0 aliphatic carbocycles. The highest BCUT2D eigenvalue weighted by Crippen LogP contribution is 2.45. The van der Waals surface area contributed by atoms with E-state index in [4.69, 9.17) is 38.3 Å². The van der Waals surface area contributed by atoms with Crippen molar-refractivity contribution in [1.29, 1.82) is 0 Å². The SMILES string of the molecule is COCOc1cc(-c2cc3nc(OC[C@@]45CCCN4C[C@H](F)C5)nc4c3c(n2)OC[C@H](CCO[Si](c2ccccc2)(c2ccccc2)C(C)(C)C)N4C)c2c(C#C[Si](C(C)C)(C(C)C)C(C)C)c(F)ccc2c1. The van der Waals surface area contributed by atoms with Crippen molar-refractivity contribution in [1.82, 2.24) is 19.9 Å². The lowest BCUT2D eigenvalue weighted by Crippen LogP contribution is -2.66. The number of benzene rings is 4. The number of hydrogen-bond acceptors (Lipinski definition) is 10. The standard InChI is InChI=1S/C59H73F2N5O5Si2/c1-39(2)72(40(3)4,41(5)6)30-26-48-50(61)24-23-42-31-45(70-38-67-11)32-49(53(42)48)51-33-52-54-55(64-57(63-52)69-37-59-27-18-28-66(59)35-43(60)34-59)65(10)44(36-68-56(54)62-51)25-29-71-73(58(7,8)9,46-19-14-12-15-20-46)47-21-16-13-17-22-47/h12-17,19-24,31-33,39-41,43-44H,18,25,27-29,34-38H2,1-11H3/t43-,44+,59+/m1/s1. The highest BCUT2D eigenvalue weighted by atomic mass is 28.4. The first-order chi connectivity index (χ1) is 34.9. The topological polar surface area (TPSA) is 91.3 Å². The number of anilines is 1. The number of fused-ring (bicyclic) bond motifs is 2. The minimum atomic E-state index is -2.85. The first-order valence-electron chi connectivity index (χ1n) is 26.2. The monoisotopic (exact) mass is 1030 g/mol. The second-order valence-electron chi connectivity index (χ2n) is 22.5. The van der Waals surface area contributed by atoms with E-state index < -0.39 is 33.9 Å². The number of hydrogen-bond donors (Lipinski definition) is 0. The van der Waals surface area contributed by atoms with Gasteiger partial charge in [0.1, 0.15) is 50.2 Å². The van der Waals surface area contributed by atoms with E-state index in [0.717, 1.165) is 24.8 Å². The highest BCUT2D eigenvalue weighted by Gasteiger charge is 2.51. The van der Waals surface area contributed by atoms with Crippen LogP contribution in [0.1, 0.15) is 93.6 Å². The van der Waals surface area contributed by atoms with E-state index in [-0.39, 0.29) is 37.1 Å². The molecular weight excluding hydrogens is 953 g/mol. The summed E-state index contributed by atoms with van der Waals surface area (Å²) >= 11 is 0. The van der Waals surface area contributed by atoms with Gasteiger partial charge >= 0.3 is 6.01 Å². The predicted octanol–water partition coefficient (Wildman–Crippen LogP) is 11.7. The van der Waals surface area contributed by atoms with E-state index in [0.29, 0.717) is 93.2 Å². The van der Waals surface area contributed by atoms with E-state index in [1.807, 2.05) is 25.2 Å². The zero-order chi connectivity index (χ0) is 51.9. The fraction of sp³-hybridized carbons (Fsp3) is 0.475. The fourth-order valence-corrected chi connectivity index (χ4v) is 22.5.